The molecule has 0 saturated carbocycles. The number of carboxylic acid groups (broad SMARTS) is 1. The number of esters is 2. The van der Waals surface area contributed by atoms with E-state index < -0.39 is 51.1 Å². The van der Waals surface area contributed by atoms with Crippen LogP contribution in [0.3, 0.4) is 0 Å². The average Bonchev–Trinajstić information content (AvgIpc) is 3.20. The Balaban J connectivity index is 4.43. The number of carbonyl (C=O) groups excluding carboxylic acids is 2. The van der Waals surface area contributed by atoms with Crippen molar-refractivity contribution in [1.82, 2.24) is 0 Å². The number of nitrogens with two attached hydrogens (primary N) is 1. The number of carboxylic acids is 1. The Labute approximate surface area is 351 Å². The third-order valence-corrected chi connectivity index (χ3v) is 10.2. The lowest BCUT2D eigenvalue weighted by Crippen LogP contribution is -2.34. The molecule has 334 valence electrons. The Bertz CT molecular complexity index is 1210. The molecule has 12 heteroatoms. The molecule has 0 amide bonds. The van der Waals surface area contributed by atoms with E-state index in [9.17, 15) is 23.8 Å². The number of hydrogen-bond donors (Lipinski definition) is 3. The first-order chi connectivity index (χ1) is 28.1. The summed E-state index contributed by atoms with van der Waals surface area (Å²) in [6.07, 6.45) is 47.2. The highest BCUT2D eigenvalue weighted by molar-refractivity contribution is 7.47. The van der Waals surface area contributed by atoms with Crippen molar-refractivity contribution < 1.29 is 47.5 Å². The van der Waals surface area contributed by atoms with E-state index in [4.69, 9.17) is 24.8 Å². The number of aliphatic carboxylic acids is 1. The van der Waals surface area contributed by atoms with Crippen molar-refractivity contribution in [3.63, 3.8) is 0 Å². The van der Waals surface area contributed by atoms with Gasteiger partial charge in [0.05, 0.1) is 13.2 Å². The van der Waals surface area contributed by atoms with Gasteiger partial charge < -0.3 is 25.2 Å². The molecule has 0 aliphatic carbocycles. The Kier molecular flexibility index (Phi) is 38.9. The van der Waals surface area contributed by atoms with Gasteiger partial charge in [0.1, 0.15) is 12.6 Å². The zero-order chi connectivity index (χ0) is 42.8. The van der Waals surface area contributed by atoms with Crippen LogP contribution in [0.4, 0.5) is 0 Å². The first-order valence-electron chi connectivity index (χ1n) is 22.3. The van der Waals surface area contributed by atoms with Gasteiger partial charge in [0.15, 0.2) is 6.10 Å². The fourth-order valence-electron chi connectivity index (χ4n) is 5.81. The van der Waals surface area contributed by atoms with E-state index in [-0.39, 0.29) is 19.4 Å². The van der Waals surface area contributed by atoms with Crippen LogP contribution in [0.2, 0.25) is 0 Å². The van der Waals surface area contributed by atoms with Crippen LogP contribution in [0.15, 0.2) is 60.8 Å². The molecule has 1 unspecified atom stereocenters. The van der Waals surface area contributed by atoms with E-state index in [1.165, 1.54) is 83.5 Å². The second-order valence-corrected chi connectivity index (χ2v) is 16.3. The van der Waals surface area contributed by atoms with Crippen LogP contribution < -0.4 is 5.73 Å². The molecule has 58 heavy (non-hydrogen) atoms. The Hall–Kier alpha value is -2.82. The zero-order valence-electron chi connectivity index (χ0n) is 36.1. The minimum absolute atomic E-state index is 0.0821. The number of phosphoric acid groups is 1. The summed E-state index contributed by atoms with van der Waals surface area (Å²) in [5, 5.41) is 8.89. The molecule has 0 spiro atoms. The lowest BCUT2D eigenvalue weighted by molar-refractivity contribution is -0.161. The third-order valence-electron chi connectivity index (χ3n) is 9.28. The first-order valence-corrected chi connectivity index (χ1v) is 23.8. The number of hydrogen-bond acceptors (Lipinski definition) is 9. The number of phosphoric ester groups is 1. The highest BCUT2D eigenvalue weighted by Gasteiger charge is 2.28. The molecule has 3 atom stereocenters. The van der Waals surface area contributed by atoms with Crippen LogP contribution in [-0.2, 0) is 37.5 Å². The maximum atomic E-state index is 12.6. The van der Waals surface area contributed by atoms with Crippen LogP contribution >= 0.6 is 7.82 Å². The van der Waals surface area contributed by atoms with Crippen molar-refractivity contribution >= 4 is 25.7 Å². The summed E-state index contributed by atoms with van der Waals surface area (Å²) in [6, 6.07) is -1.53. The monoisotopic (exact) mass is 838 g/mol. The molecule has 0 heterocycles. The maximum Gasteiger partial charge on any atom is 0.472 e. The number of rotatable bonds is 41. The number of carbonyl (C=O) groups is 3. The highest BCUT2D eigenvalue weighted by Crippen LogP contribution is 2.43. The molecule has 0 fully saturated rings. The predicted octanol–water partition coefficient (Wildman–Crippen LogP) is 12.0. The lowest BCUT2D eigenvalue weighted by atomic mass is 10.0. The average molecular weight is 838 g/mol. The topological polar surface area (TPSA) is 172 Å². The van der Waals surface area contributed by atoms with E-state index in [0.717, 1.165) is 51.4 Å². The molecule has 0 radical (unpaired) electrons. The van der Waals surface area contributed by atoms with Gasteiger partial charge in [0, 0.05) is 12.8 Å². The molecule has 0 rings (SSSR count). The molecule has 0 saturated heterocycles. The second-order valence-electron chi connectivity index (χ2n) is 14.8. The van der Waals surface area contributed by atoms with Crippen LogP contribution in [-0.4, -0.2) is 59.9 Å². The molecule has 4 N–H and O–H groups in total. The smallest absolute Gasteiger partial charge is 0.472 e. The van der Waals surface area contributed by atoms with Gasteiger partial charge in [0.25, 0.3) is 0 Å². The van der Waals surface area contributed by atoms with Crippen LogP contribution in [0.5, 0.6) is 0 Å². The summed E-state index contributed by atoms with van der Waals surface area (Å²) in [4.78, 5) is 46.0. The van der Waals surface area contributed by atoms with Gasteiger partial charge in [-0.1, -0.05) is 177 Å². The number of ether oxygens (including phenoxy) is 2. The molecular weight excluding hydrogens is 757 g/mol. The Morgan fingerprint density at radius 3 is 1.43 bits per heavy atom. The standard InChI is InChI=1S/C46H80NO10P/c1-3-5-7-9-11-13-15-17-19-21-23-25-27-29-31-33-35-37-44(48)54-39-42(40-55-58(52,53)56-41-43(47)46(50)51)57-45(49)38-36-34-32-30-28-26-24-22-20-18-16-14-12-10-8-6-4-2/h6,8,12,14,18,20,24,26,30,32,42-43H,3-5,7,9-11,13,15-17,19,21-23,25,27-29,31,33-41,47H2,1-2H3,(H,50,51)(H,52,53)/b8-6+,14-12+,20-18+,26-24+,32-30+/t42-,43+/m1/s1. The first kappa shape index (κ1) is 55.2. The van der Waals surface area contributed by atoms with Crippen molar-refractivity contribution in [3.8, 4) is 0 Å². The van der Waals surface area contributed by atoms with Gasteiger partial charge >= 0.3 is 25.7 Å². The molecular formula is C46H80NO10P. The van der Waals surface area contributed by atoms with Crippen LogP contribution in [0.1, 0.15) is 181 Å². The number of unbranched alkanes of at least 4 members (excludes halogenated alkanes) is 17. The number of allylic oxidation sites excluding steroid dienone is 10. The summed E-state index contributed by atoms with van der Waals surface area (Å²) in [7, 11) is -4.73. The summed E-state index contributed by atoms with van der Waals surface area (Å²) >= 11 is 0. The molecule has 0 bridgehead atoms. The lowest BCUT2D eigenvalue weighted by Gasteiger charge is -2.20. The van der Waals surface area contributed by atoms with Gasteiger partial charge in [0.2, 0.25) is 0 Å². The minimum atomic E-state index is -4.73. The van der Waals surface area contributed by atoms with Crippen molar-refractivity contribution in [2.45, 2.75) is 193 Å². The summed E-state index contributed by atoms with van der Waals surface area (Å²) < 4.78 is 32.7. The van der Waals surface area contributed by atoms with E-state index in [1.807, 2.05) is 12.2 Å². The van der Waals surface area contributed by atoms with Gasteiger partial charge in [-0.2, -0.15) is 0 Å². The minimum Gasteiger partial charge on any atom is -0.480 e. The van der Waals surface area contributed by atoms with Crippen molar-refractivity contribution in [3.05, 3.63) is 60.8 Å². The van der Waals surface area contributed by atoms with Crippen molar-refractivity contribution in [2.75, 3.05) is 19.8 Å². The van der Waals surface area contributed by atoms with Crippen molar-refractivity contribution in [1.29, 1.82) is 0 Å². The van der Waals surface area contributed by atoms with E-state index in [0.29, 0.717) is 19.3 Å². The van der Waals surface area contributed by atoms with Crippen LogP contribution in [0, 0.1) is 0 Å². The molecule has 0 aliphatic rings. The highest BCUT2D eigenvalue weighted by atomic mass is 31.2. The van der Waals surface area contributed by atoms with E-state index >= 15 is 0 Å². The molecule has 0 aromatic rings. The summed E-state index contributed by atoms with van der Waals surface area (Å²) in [5.74, 6) is -2.45. The summed E-state index contributed by atoms with van der Waals surface area (Å²) in [5.41, 5.74) is 5.33. The van der Waals surface area contributed by atoms with Gasteiger partial charge in [-0.25, -0.2) is 4.57 Å². The van der Waals surface area contributed by atoms with E-state index in [2.05, 4.69) is 67.0 Å². The maximum absolute atomic E-state index is 12.6. The fraction of sp³-hybridized carbons (Fsp3) is 0.717. The Morgan fingerprint density at radius 2 is 0.966 bits per heavy atom. The molecule has 0 aliphatic heterocycles. The molecule has 0 aromatic heterocycles. The third kappa shape index (κ3) is 40.0. The van der Waals surface area contributed by atoms with Gasteiger partial charge in [-0.15, -0.1) is 0 Å². The predicted molar refractivity (Wildman–Crippen MR) is 235 cm³/mol. The largest absolute Gasteiger partial charge is 0.480 e. The fourth-order valence-corrected chi connectivity index (χ4v) is 6.58. The van der Waals surface area contributed by atoms with Crippen LogP contribution in [0.25, 0.3) is 0 Å². The SMILES string of the molecule is CC/C=C/C/C=C/C/C=C/C/C=C/C/C=C/CCCC(=O)O[C@H](COC(=O)CCCCCCCCCCCCCCCCCCC)COP(=O)(O)OC[C@H](N)C(=O)O. The quantitative estimate of drug-likeness (QED) is 0.0231. The van der Waals surface area contributed by atoms with Crippen molar-refractivity contribution in [2.24, 2.45) is 5.73 Å². The normalized spacial score (nSPS) is 14.3. The van der Waals surface area contributed by atoms with Gasteiger partial charge in [-0.05, 0) is 51.4 Å². The van der Waals surface area contributed by atoms with Gasteiger partial charge in [-0.3, -0.25) is 23.4 Å². The molecule has 0 aromatic carbocycles. The molecule has 11 nitrogen and oxygen atoms in total. The Morgan fingerprint density at radius 1 is 0.552 bits per heavy atom. The zero-order valence-corrected chi connectivity index (χ0v) is 37.0. The second kappa shape index (κ2) is 40.9. The van der Waals surface area contributed by atoms with E-state index in [1.54, 1.807) is 0 Å². The summed E-state index contributed by atoms with van der Waals surface area (Å²) in [6.45, 7) is 2.64.